The molecule has 0 aliphatic carbocycles. The Morgan fingerprint density at radius 1 is 1.14 bits per heavy atom. The molecule has 200 valence electrons. The van der Waals surface area contributed by atoms with Gasteiger partial charge in [-0.25, -0.2) is 13.2 Å². The summed E-state index contributed by atoms with van der Waals surface area (Å²) in [6, 6.07) is 9.27. The Labute approximate surface area is 215 Å². The number of ether oxygens (including phenoxy) is 1. The quantitative estimate of drug-likeness (QED) is 0.361. The van der Waals surface area contributed by atoms with E-state index in [1.165, 1.54) is 26.0 Å². The van der Waals surface area contributed by atoms with Crippen LogP contribution < -0.4 is 4.74 Å². The van der Waals surface area contributed by atoms with Crippen LogP contribution in [0, 0.1) is 17.0 Å². The number of aromatic amines is 1. The Morgan fingerprint density at radius 2 is 1.81 bits per heavy atom. The van der Waals surface area contributed by atoms with Gasteiger partial charge in [-0.3, -0.25) is 14.2 Å². The zero-order chi connectivity index (χ0) is 26.5. The van der Waals surface area contributed by atoms with Gasteiger partial charge in [-0.1, -0.05) is 25.1 Å². The zero-order valence-corrected chi connectivity index (χ0v) is 21.9. The van der Waals surface area contributed by atoms with Crippen molar-refractivity contribution in [1.29, 1.82) is 0 Å². The number of hydrogen-bond donors (Lipinski definition) is 1. The Balaban J connectivity index is 1.45. The van der Waals surface area contributed by atoms with Crippen LogP contribution in [0.25, 0.3) is 10.9 Å². The maximum atomic E-state index is 15.7. The van der Waals surface area contributed by atoms with Gasteiger partial charge in [0.05, 0.1) is 12.7 Å². The summed E-state index contributed by atoms with van der Waals surface area (Å²) in [6.07, 6.45) is 0.647. The predicted octanol–water partition coefficient (Wildman–Crippen LogP) is 6.20. The number of rotatable bonds is 8. The number of likely N-dealkylation sites (tertiary alicyclic amines) is 1. The Morgan fingerprint density at radius 3 is 2.46 bits per heavy atom. The number of fused-ring (bicyclic) bond motifs is 3. The fraction of sp³-hybridized carbons (Fsp3) is 0.517. The summed E-state index contributed by atoms with van der Waals surface area (Å²) in [6.45, 7) is 8.57. The summed E-state index contributed by atoms with van der Waals surface area (Å²) in [4.78, 5) is 7.29. The summed E-state index contributed by atoms with van der Waals surface area (Å²) in [5, 5.41) is 1.02. The number of alkyl halides is 2. The highest BCUT2D eigenvalue weighted by atomic mass is 19.1. The number of nitrogens with one attached hydrogen (secondary N) is 1. The van der Waals surface area contributed by atoms with Crippen molar-refractivity contribution in [2.24, 2.45) is 5.41 Å². The largest absolute Gasteiger partial charge is 0.492 e. The van der Waals surface area contributed by atoms with Crippen LogP contribution in [0.5, 0.6) is 5.75 Å². The smallest absolute Gasteiger partial charge is 0.135 e. The van der Waals surface area contributed by atoms with E-state index in [1.54, 1.807) is 0 Å². The fourth-order valence-corrected chi connectivity index (χ4v) is 5.97. The van der Waals surface area contributed by atoms with Crippen molar-refractivity contribution in [3.05, 3.63) is 64.9 Å². The second kappa shape index (κ2) is 9.62. The molecule has 4 nitrogen and oxygen atoms in total. The standard InChI is InChI=1S/C29H35F4N3O/c1-18-11-21-20-7-5-6-8-24(20)34-26(21)27(36(18)15-28(2,3)33)25-22(31)12-19(13-23(25)32)37-10-9-35-16-29(4,14-30)17-35/h5-8,12-13,18,27,34H,9-11,14-17H2,1-4H3/t18-,27-/m1/s1. The highest BCUT2D eigenvalue weighted by Crippen LogP contribution is 2.43. The highest BCUT2D eigenvalue weighted by Gasteiger charge is 2.41. The first-order valence-electron chi connectivity index (χ1n) is 12.9. The summed E-state index contributed by atoms with van der Waals surface area (Å²) >= 11 is 0. The maximum Gasteiger partial charge on any atom is 0.135 e. The highest BCUT2D eigenvalue weighted by molar-refractivity contribution is 5.85. The van der Waals surface area contributed by atoms with Crippen LogP contribution in [0.1, 0.15) is 50.6 Å². The third kappa shape index (κ3) is 5.10. The fourth-order valence-electron chi connectivity index (χ4n) is 5.97. The van der Waals surface area contributed by atoms with Gasteiger partial charge in [-0.15, -0.1) is 0 Å². The van der Waals surface area contributed by atoms with Crippen LogP contribution in [0.2, 0.25) is 0 Å². The van der Waals surface area contributed by atoms with Crippen LogP contribution >= 0.6 is 0 Å². The Bertz CT molecular complexity index is 1250. The van der Waals surface area contributed by atoms with Gasteiger partial charge in [0.25, 0.3) is 0 Å². The Kier molecular flexibility index (Phi) is 6.77. The molecule has 0 spiro atoms. The molecule has 1 aromatic heterocycles. The van der Waals surface area contributed by atoms with Crippen LogP contribution in [0.4, 0.5) is 17.6 Å². The van der Waals surface area contributed by atoms with E-state index in [0.29, 0.717) is 31.7 Å². The monoisotopic (exact) mass is 517 g/mol. The third-order valence-electron chi connectivity index (χ3n) is 7.61. The number of benzene rings is 2. The normalized spacial score (nSPS) is 22.2. The zero-order valence-electron chi connectivity index (χ0n) is 21.9. The molecule has 2 aliphatic rings. The van der Waals surface area contributed by atoms with E-state index in [-0.39, 0.29) is 42.6 Å². The van der Waals surface area contributed by atoms with E-state index in [4.69, 9.17) is 4.74 Å². The van der Waals surface area contributed by atoms with Crippen LogP contribution in [0.3, 0.4) is 0 Å². The van der Waals surface area contributed by atoms with Gasteiger partial charge in [-0.05, 0) is 38.8 Å². The molecule has 37 heavy (non-hydrogen) atoms. The lowest BCUT2D eigenvalue weighted by Crippen LogP contribution is -2.56. The Hall–Kier alpha value is -2.58. The van der Waals surface area contributed by atoms with Crippen molar-refractivity contribution < 1.29 is 22.3 Å². The summed E-state index contributed by atoms with van der Waals surface area (Å²) in [5.74, 6) is -1.35. The van der Waals surface area contributed by atoms with Crippen molar-refractivity contribution in [3.63, 3.8) is 0 Å². The first-order valence-corrected chi connectivity index (χ1v) is 12.9. The van der Waals surface area contributed by atoms with E-state index in [0.717, 1.165) is 16.5 Å². The van der Waals surface area contributed by atoms with Gasteiger partial charge in [0.15, 0.2) is 0 Å². The maximum absolute atomic E-state index is 15.7. The van der Waals surface area contributed by atoms with Crippen molar-refractivity contribution >= 4 is 10.9 Å². The molecule has 3 heterocycles. The molecule has 0 bridgehead atoms. The molecule has 0 saturated carbocycles. The molecule has 1 fully saturated rings. The van der Waals surface area contributed by atoms with Gasteiger partial charge in [0, 0.05) is 71.9 Å². The van der Waals surface area contributed by atoms with Crippen molar-refractivity contribution in [2.45, 2.75) is 51.9 Å². The minimum Gasteiger partial charge on any atom is -0.492 e. The van der Waals surface area contributed by atoms with E-state index in [9.17, 15) is 8.78 Å². The van der Waals surface area contributed by atoms with Crippen LogP contribution in [-0.4, -0.2) is 66.0 Å². The molecular weight excluding hydrogens is 482 g/mol. The van der Waals surface area contributed by atoms with Crippen LogP contribution in [0.15, 0.2) is 36.4 Å². The van der Waals surface area contributed by atoms with E-state index < -0.39 is 23.3 Å². The van der Waals surface area contributed by atoms with Gasteiger partial charge < -0.3 is 9.72 Å². The average molecular weight is 518 g/mol. The summed E-state index contributed by atoms with van der Waals surface area (Å²) in [5.41, 5.74) is 0.623. The molecule has 0 amide bonds. The average Bonchev–Trinajstić information content (AvgIpc) is 3.16. The molecular formula is C29H35F4N3O. The number of H-pyrrole nitrogens is 1. The molecule has 2 atom stereocenters. The van der Waals surface area contributed by atoms with Gasteiger partial charge in [0.2, 0.25) is 0 Å². The molecule has 0 unspecified atom stereocenters. The number of halogens is 4. The molecule has 1 saturated heterocycles. The molecule has 5 rings (SSSR count). The van der Waals surface area contributed by atoms with Gasteiger partial charge >= 0.3 is 0 Å². The predicted molar refractivity (Wildman–Crippen MR) is 138 cm³/mol. The lowest BCUT2D eigenvalue weighted by molar-refractivity contribution is -0.00996. The molecule has 2 aliphatic heterocycles. The first-order chi connectivity index (χ1) is 17.5. The lowest BCUT2D eigenvalue weighted by Gasteiger charge is -2.46. The van der Waals surface area contributed by atoms with Crippen molar-refractivity contribution in [3.8, 4) is 5.75 Å². The molecule has 0 radical (unpaired) electrons. The number of para-hydroxylation sites is 1. The molecule has 3 aromatic rings. The first kappa shape index (κ1) is 26.0. The second-order valence-electron chi connectivity index (χ2n) is 11.7. The number of hydrogen-bond acceptors (Lipinski definition) is 3. The number of nitrogens with zero attached hydrogens (tertiary/aromatic N) is 2. The topological polar surface area (TPSA) is 31.5 Å². The van der Waals surface area contributed by atoms with E-state index >= 15 is 8.78 Å². The summed E-state index contributed by atoms with van der Waals surface area (Å²) in [7, 11) is 0. The molecule has 8 heteroatoms. The van der Waals surface area contributed by atoms with E-state index in [2.05, 4.69) is 9.88 Å². The second-order valence-corrected chi connectivity index (χ2v) is 11.7. The van der Waals surface area contributed by atoms with Gasteiger partial charge in [-0.2, -0.15) is 0 Å². The minimum atomic E-state index is -1.55. The van der Waals surface area contributed by atoms with Crippen molar-refractivity contribution in [1.82, 2.24) is 14.8 Å². The summed E-state index contributed by atoms with van der Waals surface area (Å²) < 4.78 is 64.9. The SMILES string of the molecule is C[C@@H]1Cc2c([nH]c3ccccc23)[C@@H](c2c(F)cc(OCCN3CC(C)(CF)C3)cc2F)N1CC(C)(C)F. The van der Waals surface area contributed by atoms with Gasteiger partial charge in [0.1, 0.15) is 29.7 Å². The van der Waals surface area contributed by atoms with E-state index in [1.807, 2.05) is 43.0 Å². The molecule has 2 aromatic carbocycles. The molecule has 1 N–H and O–H groups in total. The lowest BCUT2D eigenvalue weighted by atomic mass is 9.83. The van der Waals surface area contributed by atoms with Crippen LogP contribution in [-0.2, 0) is 6.42 Å². The number of aromatic nitrogens is 1. The third-order valence-corrected chi connectivity index (χ3v) is 7.61. The van der Waals surface area contributed by atoms with Crippen molar-refractivity contribution in [2.75, 3.05) is 39.5 Å². The minimum absolute atomic E-state index is 0.0262.